The average molecular weight is 417 g/mol. The van der Waals surface area contributed by atoms with Crippen LogP contribution >= 0.6 is 0 Å². The largest absolute Gasteiger partial charge is 0.508 e. The highest BCUT2D eigenvalue weighted by Crippen LogP contribution is 2.11. The lowest BCUT2D eigenvalue weighted by Crippen LogP contribution is -2.47. The summed E-state index contributed by atoms with van der Waals surface area (Å²) in [5, 5.41) is 20.5. The van der Waals surface area contributed by atoms with Crippen LogP contribution in [-0.4, -0.2) is 46.6 Å². The van der Waals surface area contributed by atoms with E-state index in [0.29, 0.717) is 6.42 Å². The van der Waals surface area contributed by atoms with Crippen molar-refractivity contribution in [2.75, 3.05) is 6.54 Å². The molecule has 2 aromatic rings. The Morgan fingerprint density at radius 2 is 1.23 bits per heavy atom. The van der Waals surface area contributed by atoms with Gasteiger partial charge >= 0.3 is 0 Å². The normalized spacial score (nSPS) is 12.1. The average Bonchev–Trinajstić information content (AvgIpc) is 2.71. The first kappa shape index (κ1) is 24.4. The van der Waals surface area contributed by atoms with E-state index in [9.17, 15) is 14.4 Å². The number of carbonyl (C=O) groups excluding carboxylic acids is 3. The minimum atomic E-state index is -0.796. The van der Waals surface area contributed by atoms with Gasteiger partial charge in [0.15, 0.2) is 0 Å². The van der Waals surface area contributed by atoms with E-state index in [1.807, 2.05) is 0 Å². The summed E-state index contributed by atoms with van der Waals surface area (Å²) in [4.78, 5) is 32.8. The Kier molecular flexibility index (Phi) is 9.80. The predicted molar refractivity (Wildman–Crippen MR) is 111 cm³/mol. The number of phenols is 2. The number of hydrogen-bond donors (Lipinski definition) is 7. The second kappa shape index (κ2) is 12.0. The summed E-state index contributed by atoms with van der Waals surface area (Å²) in [5.41, 5.74) is 22.4. The lowest BCUT2D eigenvalue weighted by molar-refractivity contribution is -0.126. The van der Waals surface area contributed by atoms with Crippen molar-refractivity contribution in [2.24, 2.45) is 22.9 Å². The summed E-state index contributed by atoms with van der Waals surface area (Å²) < 4.78 is 0. The van der Waals surface area contributed by atoms with Crippen LogP contribution in [0.3, 0.4) is 0 Å². The zero-order valence-corrected chi connectivity index (χ0v) is 16.3. The van der Waals surface area contributed by atoms with Gasteiger partial charge in [-0.1, -0.05) is 24.3 Å². The Hall–Kier alpha value is -3.63. The molecule has 0 radical (unpaired) electrons. The molecular weight excluding hydrogens is 390 g/mol. The lowest BCUT2D eigenvalue weighted by Gasteiger charge is -2.14. The molecule has 0 bridgehead atoms. The number of aromatic hydroxyl groups is 2. The zero-order valence-electron chi connectivity index (χ0n) is 16.3. The molecule has 10 heteroatoms. The van der Waals surface area contributed by atoms with Gasteiger partial charge < -0.3 is 38.5 Å². The minimum absolute atomic E-state index is 0.135. The van der Waals surface area contributed by atoms with Gasteiger partial charge in [0.2, 0.25) is 17.7 Å². The SMILES string of the molecule is NC(=O)[C@@H](N)Cc1ccc(O)cc1.NCC(=O)N[C@@H](Cc1ccc(O)cc1)C(N)=O. The van der Waals surface area contributed by atoms with E-state index in [2.05, 4.69) is 5.32 Å². The van der Waals surface area contributed by atoms with Crippen molar-refractivity contribution in [1.82, 2.24) is 5.32 Å². The van der Waals surface area contributed by atoms with Gasteiger partial charge in [-0.2, -0.15) is 0 Å². The fourth-order valence-electron chi connectivity index (χ4n) is 2.33. The first-order valence-corrected chi connectivity index (χ1v) is 9.01. The van der Waals surface area contributed by atoms with Crippen molar-refractivity contribution in [1.29, 1.82) is 0 Å². The lowest BCUT2D eigenvalue weighted by atomic mass is 10.1. The molecule has 0 unspecified atom stereocenters. The molecule has 0 aliphatic heterocycles. The molecule has 10 nitrogen and oxygen atoms in total. The van der Waals surface area contributed by atoms with E-state index in [4.69, 9.17) is 33.1 Å². The van der Waals surface area contributed by atoms with E-state index < -0.39 is 29.8 Å². The summed E-state index contributed by atoms with van der Waals surface area (Å²) in [5.74, 6) is -1.26. The van der Waals surface area contributed by atoms with Gasteiger partial charge in [0.05, 0.1) is 12.6 Å². The van der Waals surface area contributed by atoms with Gasteiger partial charge in [-0.25, -0.2) is 0 Å². The second-order valence-corrected chi connectivity index (χ2v) is 6.48. The Morgan fingerprint density at radius 3 is 1.60 bits per heavy atom. The topological polar surface area (TPSA) is 208 Å². The summed E-state index contributed by atoms with van der Waals surface area (Å²) in [6.07, 6.45) is 0.664. The predicted octanol–water partition coefficient (Wildman–Crippen LogP) is -1.39. The van der Waals surface area contributed by atoms with Crippen LogP contribution in [0.1, 0.15) is 11.1 Å². The molecule has 162 valence electrons. The highest BCUT2D eigenvalue weighted by atomic mass is 16.3. The van der Waals surface area contributed by atoms with Crippen molar-refractivity contribution in [2.45, 2.75) is 24.9 Å². The van der Waals surface area contributed by atoms with Crippen LogP contribution in [0.2, 0.25) is 0 Å². The molecule has 0 fully saturated rings. The maximum absolute atomic E-state index is 11.1. The molecule has 0 saturated carbocycles. The number of carbonyl (C=O) groups is 3. The fraction of sp³-hybridized carbons (Fsp3) is 0.250. The van der Waals surface area contributed by atoms with E-state index in [1.54, 1.807) is 36.4 Å². The molecular formula is C20H27N5O5. The Bertz CT molecular complexity index is 840. The molecule has 0 saturated heterocycles. The summed E-state index contributed by atoms with van der Waals surface area (Å²) >= 11 is 0. The van der Waals surface area contributed by atoms with E-state index in [-0.39, 0.29) is 24.5 Å². The molecule has 2 rings (SSSR count). The molecule has 0 aliphatic carbocycles. The Labute approximate surface area is 173 Å². The number of primary amides is 2. The van der Waals surface area contributed by atoms with Crippen molar-refractivity contribution < 1.29 is 24.6 Å². The summed E-state index contributed by atoms with van der Waals surface area (Å²) in [6.45, 7) is -0.195. The maximum Gasteiger partial charge on any atom is 0.240 e. The molecule has 0 heterocycles. The van der Waals surface area contributed by atoms with Crippen LogP contribution in [0.4, 0.5) is 0 Å². The number of nitrogens with one attached hydrogen (secondary N) is 1. The van der Waals surface area contributed by atoms with Gasteiger partial charge in [-0.05, 0) is 41.8 Å². The van der Waals surface area contributed by atoms with Gasteiger partial charge in [-0.3, -0.25) is 14.4 Å². The number of nitrogens with two attached hydrogens (primary N) is 4. The molecule has 0 aromatic heterocycles. The second-order valence-electron chi connectivity index (χ2n) is 6.48. The molecule has 0 aliphatic rings. The minimum Gasteiger partial charge on any atom is -0.508 e. The van der Waals surface area contributed by atoms with Crippen LogP contribution < -0.4 is 28.3 Å². The van der Waals surface area contributed by atoms with E-state index in [0.717, 1.165) is 11.1 Å². The van der Waals surface area contributed by atoms with Crippen LogP contribution in [-0.2, 0) is 27.2 Å². The van der Waals surface area contributed by atoms with Gasteiger partial charge in [-0.15, -0.1) is 0 Å². The first-order valence-electron chi connectivity index (χ1n) is 9.01. The van der Waals surface area contributed by atoms with Crippen molar-refractivity contribution in [3.8, 4) is 11.5 Å². The highest BCUT2D eigenvalue weighted by Gasteiger charge is 2.17. The third-order valence-corrected chi connectivity index (χ3v) is 4.00. The number of amides is 3. The molecule has 30 heavy (non-hydrogen) atoms. The highest BCUT2D eigenvalue weighted by molar-refractivity contribution is 5.87. The van der Waals surface area contributed by atoms with Crippen molar-refractivity contribution in [3.05, 3.63) is 59.7 Å². The number of hydrogen-bond acceptors (Lipinski definition) is 7. The Morgan fingerprint density at radius 1 is 0.800 bits per heavy atom. The number of rotatable bonds is 8. The first-order chi connectivity index (χ1) is 14.1. The van der Waals surface area contributed by atoms with Crippen molar-refractivity contribution >= 4 is 17.7 Å². The van der Waals surface area contributed by atoms with E-state index in [1.165, 1.54) is 12.1 Å². The standard InChI is InChI=1S/C11H15N3O3.C9H12N2O2/c12-6-10(16)14-9(11(13)17)5-7-1-3-8(15)4-2-7;10-8(9(11)13)5-6-1-3-7(12)4-2-6/h1-4,9,15H,5-6,12H2,(H2,13,17)(H,14,16);1-4,8,12H,5,10H2,(H2,11,13)/t9-;8-/m00/s1. The van der Waals surface area contributed by atoms with Crippen LogP contribution in [0, 0.1) is 0 Å². The van der Waals surface area contributed by atoms with Gasteiger partial charge in [0.25, 0.3) is 0 Å². The molecule has 0 spiro atoms. The van der Waals surface area contributed by atoms with Gasteiger partial charge in [0, 0.05) is 6.42 Å². The number of phenolic OH excluding ortho intramolecular Hbond substituents is 2. The van der Waals surface area contributed by atoms with Gasteiger partial charge in [0.1, 0.15) is 17.5 Å². The zero-order chi connectivity index (χ0) is 22.7. The third-order valence-electron chi connectivity index (χ3n) is 4.00. The number of benzene rings is 2. The Balaban J connectivity index is 0.000000311. The third kappa shape index (κ3) is 9.04. The smallest absolute Gasteiger partial charge is 0.240 e. The maximum atomic E-state index is 11.1. The monoisotopic (exact) mass is 417 g/mol. The summed E-state index contributed by atoms with van der Waals surface area (Å²) in [7, 11) is 0. The molecule has 11 N–H and O–H groups in total. The molecule has 2 aromatic carbocycles. The van der Waals surface area contributed by atoms with Crippen molar-refractivity contribution in [3.63, 3.8) is 0 Å². The quantitative estimate of drug-likeness (QED) is 0.273. The van der Waals surface area contributed by atoms with E-state index >= 15 is 0 Å². The van der Waals surface area contributed by atoms with Crippen LogP contribution in [0.25, 0.3) is 0 Å². The summed E-state index contributed by atoms with van der Waals surface area (Å²) in [6, 6.07) is 11.3. The van der Waals surface area contributed by atoms with Crippen LogP contribution in [0.5, 0.6) is 11.5 Å². The molecule has 3 amide bonds. The molecule has 2 atom stereocenters. The fourth-order valence-corrected chi connectivity index (χ4v) is 2.33. The van der Waals surface area contributed by atoms with Crippen LogP contribution in [0.15, 0.2) is 48.5 Å².